The van der Waals surface area contributed by atoms with Crippen LogP contribution in [0.1, 0.15) is 37.0 Å². The molecule has 0 radical (unpaired) electrons. The first-order valence-corrected chi connectivity index (χ1v) is 7.67. The number of rotatable bonds is 3. The zero-order chi connectivity index (χ0) is 13.1. The van der Waals surface area contributed by atoms with Crippen molar-refractivity contribution in [1.29, 1.82) is 0 Å². The van der Waals surface area contributed by atoms with Crippen molar-refractivity contribution in [1.82, 2.24) is 4.90 Å². The molecule has 2 nitrogen and oxygen atoms in total. The smallest absolute Gasteiger partial charge is 0.176 e. The first-order valence-electron chi connectivity index (χ1n) is 6.59. The van der Waals surface area contributed by atoms with Gasteiger partial charge in [-0.15, -0.1) is 0 Å². The number of carbonyl (C=O) groups excluding carboxylic acids is 1. The van der Waals surface area contributed by atoms with Gasteiger partial charge in [-0.1, -0.05) is 19.1 Å². The molecule has 2 atom stereocenters. The van der Waals surface area contributed by atoms with Crippen LogP contribution in [0.5, 0.6) is 0 Å². The standard InChI is InChI=1S/C15H20INO/c1-11-3-4-12(2)17(9-11)10-15(18)13-5-7-14(16)8-6-13/h5-8,11-12H,3-4,9-10H2,1-2H3. The van der Waals surface area contributed by atoms with Crippen LogP contribution in [0, 0.1) is 9.49 Å². The summed E-state index contributed by atoms with van der Waals surface area (Å²) in [5, 5.41) is 0. The minimum absolute atomic E-state index is 0.243. The molecule has 98 valence electrons. The second-order valence-electron chi connectivity index (χ2n) is 5.39. The molecule has 1 aromatic carbocycles. The summed E-state index contributed by atoms with van der Waals surface area (Å²) in [7, 11) is 0. The van der Waals surface area contributed by atoms with Crippen LogP contribution in [0.3, 0.4) is 0 Å². The molecule has 1 fully saturated rings. The predicted molar refractivity (Wildman–Crippen MR) is 82.9 cm³/mol. The van der Waals surface area contributed by atoms with Gasteiger partial charge in [-0.3, -0.25) is 9.69 Å². The highest BCUT2D eigenvalue weighted by molar-refractivity contribution is 14.1. The molecule has 0 aromatic heterocycles. The molecule has 0 saturated carbocycles. The summed E-state index contributed by atoms with van der Waals surface area (Å²) in [4.78, 5) is 14.6. The van der Waals surface area contributed by atoms with E-state index in [1.54, 1.807) is 0 Å². The Morgan fingerprint density at radius 1 is 1.28 bits per heavy atom. The quantitative estimate of drug-likeness (QED) is 0.609. The SMILES string of the molecule is CC1CCC(C)N(CC(=O)c2ccc(I)cc2)C1. The minimum Gasteiger partial charge on any atom is -0.293 e. The normalized spacial score (nSPS) is 25.1. The highest BCUT2D eigenvalue weighted by atomic mass is 127. The van der Waals surface area contributed by atoms with Crippen molar-refractivity contribution in [2.75, 3.05) is 13.1 Å². The first kappa shape index (κ1) is 14.0. The zero-order valence-electron chi connectivity index (χ0n) is 11.0. The van der Waals surface area contributed by atoms with Crippen molar-refractivity contribution in [2.24, 2.45) is 5.92 Å². The molecule has 1 aliphatic rings. The topological polar surface area (TPSA) is 20.3 Å². The maximum Gasteiger partial charge on any atom is 0.176 e. The van der Waals surface area contributed by atoms with Gasteiger partial charge in [0.15, 0.2) is 5.78 Å². The number of piperidine rings is 1. The van der Waals surface area contributed by atoms with Gasteiger partial charge < -0.3 is 0 Å². The van der Waals surface area contributed by atoms with Crippen LogP contribution in [0.15, 0.2) is 24.3 Å². The monoisotopic (exact) mass is 357 g/mol. The molecule has 1 saturated heterocycles. The Labute approximate surface area is 123 Å². The summed E-state index contributed by atoms with van der Waals surface area (Å²) < 4.78 is 1.17. The number of halogens is 1. The van der Waals surface area contributed by atoms with E-state index in [0.29, 0.717) is 18.5 Å². The molecule has 1 heterocycles. The van der Waals surface area contributed by atoms with Crippen LogP contribution in [0.2, 0.25) is 0 Å². The molecule has 3 heteroatoms. The van der Waals surface area contributed by atoms with E-state index in [1.807, 2.05) is 24.3 Å². The molecule has 0 amide bonds. The molecule has 1 aromatic rings. The molecule has 0 aliphatic carbocycles. The summed E-state index contributed by atoms with van der Waals surface area (Å²) in [6.45, 7) is 6.12. The van der Waals surface area contributed by atoms with Gasteiger partial charge in [-0.05, 0) is 60.4 Å². The van der Waals surface area contributed by atoms with Crippen molar-refractivity contribution < 1.29 is 4.79 Å². The maximum absolute atomic E-state index is 12.2. The summed E-state index contributed by atoms with van der Waals surface area (Å²) >= 11 is 2.26. The van der Waals surface area contributed by atoms with Gasteiger partial charge in [0.2, 0.25) is 0 Å². The molecule has 0 bridgehead atoms. The van der Waals surface area contributed by atoms with E-state index in [2.05, 4.69) is 41.3 Å². The van der Waals surface area contributed by atoms with Crippen molar-refractivity contribution >= 4 is 28.4 Å². The summed E-state index contributed by atoms with van der Waals surface area (Å²) in [6, 6.07) is 8.39. The van der Waals surface area contributed by atoms with E-state index < -0.39 is 0 Å². The van der Waals surface area contributed by atoms with Gasteiger partial charge in [0, 0.05) is 21.7 Å². The third kappa shape index (κ3) is 3.54. The molecular formula is C15H20INO. The number of likely N-dealkylation sites (tertiary alicyclic amines) is 1. The van der Waals surface area contributed by atoms with Crippen LogP contribution < -0.4 is 0 Å². The van der Waals surface area contributed by atoms with Gasteiger partial charge in [-0.2, -0.15) is 0 Å². The molecule has 2 unspecified atom stereocenters. The highest BCUT2D eigenvalue weighted by Crippen LogP contribution is 2.21. The molecule has 2 rings (SSSR count). The number of hydrogen-bond donors (Lipinski definition) is 0. The Bertz CT molecular complexity index is 415. The number of ketones is 1. The largest absolute Gasteiger partial charge is 0.293 e. The van der Waals surface area contributed by atoms with Gasteiger partial charge in [0.05, 0.1) is 6.54 Å². The lowest BCUT2D eigenvalue weighted by atomic mass is 9.94. The number of carbonyl (C=O) groups is 1. The third-order valence-corrected chi connectivity index (χ3v) is 4.48. The van der Waals surface area contributed by atoms with Crippen LogP contribution >= 0.6 is 22.6 Å². The van der Waals surface area contributed by atoms with Crippen LogP contribution in [0.4, 0.5) is 0 Å². The lowest BCUT2D eigenvalue weighted by Gasteiger charge is -2.36. The van der Waals surface area contributed by atoms with Gasteiger partial charge in [0.25, 0.3) is 0 Å². The first-order chi connectivity index (χ1) is 8.56. The molecule has 0 spiro atoms. The maximum atomic E-state index is 12.2. The van der Waals surface area contributed by atoms with Gasteiger partial charge in [0.1, 0.15) is 0 Å². The third-order valence-electron chi connectivity index (χ3n) is 3.76. The van der Waals surface area contributed by atoms with E-state index in [0.717, 1.165) is 12.1 Å². The molecule has 0 N–H and O–H groups in total. The van der Waals surface area contributed by atoms with E-state index in [-0.39, 0.29) is 5.78 Å². The van der Waals surface area contributed by atoms with E-state index in [9.17, 15) is 4.79 Å². The predicted octanol–water partition coefficient (Wildman–Crippen LogP) is 3.59. The number of hydrogen-bond acceptors (Lipinski definition) is 2. The summed E-state index contributed by atoms with van der Waals surface area (Å²) in [6.07, 6.45) is 2.50. The Morgan fingerprint density at radius 2 is 1.94 bits per heavy atom. The fourth-order valence-electron chi connectivity index (χ4n) is 2.51. The average Bonchev–Trinajstić information content (AvgIpc) is 2.34. The number of Topliss-reactive ketones (excluding diaryl/α,β-unsaturated/α-hetero) is 1. The second-order valence-corrected chi connectivity index (χ2v) is 6.64. The van der Waals surface area contributed by atoms with Crippen LogP contribution in [0.25, 0.3) is 0 Å². The van der Waals surface area contributed by atoms with Crippen molar-refractivity contribution in [3.05, 3.63) is 33.4 Å². The second kappa shape index (κ2) is 6.15. The van der Waals surface area contributed by atoms with E-state index >= 15 is 0 Å². The number of nitrogens with zero attached hydrogens (tertiary/aromatic N) is 1. The Morgan fingerprint density at radius 3 is 2.61 bits per heavy atom. The Hall–Kier alpha value is -0.420. The van der Waals surface area contributed by atoms with Crippen LogP contribution in [-0.2, 0) is 0 Å². The summed E-state index contributed by atoms with van der Waals surface area (Å²) in [5.74, 6) is 0.957. The highest BCUT2D eigenvalue weighted by Gasteiger charge is 2.24. The molecule has 1 aliphatic heterocycles. The van der Waals surface area contributed by atoms with Gasteiger partial charge >= 0.3 is 0 Å². The average molecular weight is 357 g/mol. The Kier molecular flexibility index (Phi) is 4.78. The van der Waals surface area contributed by atoms with Crippen molar-refractivity contribution in [3.8, 4) is 0 Å². The number of benzene rings is 1. The summed E-state index contributed by atoms with van der Waals surface area (Å²) in [5.41, 5.74) is 0.834. The van der Waals surface area contributed by atoms with Crippen LogP contribution in [-0.4, -0.2) is 29.8 Å². The zero-order valence-corrected chi connectivity index (χ0v) is 13.2. The van der Waals surface area contributed by atoms with Crippen molar-refractivity contribution in [2.45, 2.75) is 32.7 Å². The minimum atomic E-state index is 0.243. The van der Waals surface area contributed by atoms with Gasteiger partial charge in [-0.25, -0.2) is 0 Å². The fourth-order valence-corrected chi connectivity index (χ4v) is 2.87. The van der Waals surface area contributed by atoms with E-state index in [4.69, 9.17) is 0 Å². The lowest BCUT2D eigenvalue weighted by Crippen LogP contribution is -2.43. The van der Waals surface area contributed by atoms with E-state index in [1.165, 1.54) is 16.4 Å². The molecule has 18 heavy (non-hydrogen) atoms. The molecular weight excluding hydrogens is 337 g/mol. The fraction of sp³-hybridized carbons (Fsp3) is 0.533. The lowest BCUT2D eigenvalue weighted by molar-refractivity contribution is 0.0805. The van der Waals surface area contributed by atoms with Crippen molar-refractivity contribution in [3.63, 3.8) is 0 Å². The Balaban J connectivity index is 2.00.